The number of nitrogens with zero attached hydrogens (tertiary/aromatic N) is 3. The molecule has 0 saturated heterocycles. The van der Waals surface area contributed by atoms with Crippen molar-refractivity contribution >= 4 is 23.4 Å². The molecule has 0 bridgehead atoms. The molecule has 25 heavy (non-hydrogen) atoms. The minimum absolute atomic E-state index is 0.0993. The van der Waals surface area contributed by atoms with E-state index in [1.165, 1.54) is 11.8 Å². The molecule has 1 unspecified atom stereocenters. The molecule has 0 aliphatic carbocycles. The normalized spacial score (nSPS) is 14.1. The monoisotopic (exact) mass is 374 g/mol. The predicted molar refractivity (Wildman–Crippen MR) is 90.9 cm³/mol. The van der Waals surface area contributed by atoms with E-state index in [1.807, 2.05) is 0 Å². The zero-order valence-electron chi connectivity index (χ0n) is 13.9. The molecule has 2 rings (SSSR count). The van der Waals surface area contributed by atoms with Gasteiger partial charge in [0, 0.05) is 30.7 Å². The lowest BCUT2D eigenvalue weighted by atomic mass is 9.96. The van der Waals surface area contributed by atoms with E-state index >= 15 is 0 Å². The van der Waals surface area contributed by atoms with Gasteiger partial charge in [-0.15, -0.1) is 0 Å². The Morgan fingerprint density at radius 1 is 1.20 bits per heavy atom. The number of rotatable bonds is 5. The van der Waals surface area contributed by atoms with Crippen molar-refractivity contribution in [2.24, 2.45) is 0 Å². The van der Waals surface area contributed by atoms with Crippen molar-refractivity contribution in [3.63, 3.8) is 0 Å². The maximum Gasteiger partial charge on any atom is 0.433 e. The fraction of sp³-hybridized carbons (Fsp3) is 0.375. The summed E-state index contributed by atoms with van der Waals surface area (Å²) in [6, 6.07) is 7.55. The summed E-state index contributed by atoms with van der Waals surface area (Å²) < 4.78 is 39.0. The van der Waals surface area contributed by atoms with Crippen LogP contribution in [0.25, 0.3) is 0 Å². The highest BCUT2D eigenvalue weighted by molar-refractivity contribution is 6.31. The highest BCUT2D eigenvalue weighted by Crippen LogP contribution is 2.31. The largest absolute Gasteiger partial charge is 0.433 e. The maximum absolute atomic E-state index is 13.0. The molecule has 1 heterocycles. The molecular weight excluding hydrogens is 357 g/mol. The van der Waals surface area contributed by atoms with Crippen LogP contribution in [0.3, 0.4) is 0 Å². The first-order valence-electron chi connectivity index (χ1n) is 7.35. The Kier molecular flexibility index (Phi) is 5.43. The third kappa shape index (κ3) is 4.73. The van der Waals surface area contributed by atoms with Gasteiger partial charge in [0.1, 0.15) is 11.4 Å². The van der Waals surface area contributed by atoms with Crippen molar-refractivity contribution in [3.05, 3.63) is 46.6 Å². The fourth-order valence-corrected chi connectivity index (χ4v) is 2.47. The highest BCUT2D eigenvalue weighted by Gasteiger charge is 2.34. The third-order valence-electron chi connectivity index (χ3n) is 3.51. The summed E-state index contributed by atoms with van der Waals surface area (Å²) in [4.78, 5) is 8.95. The summed E-state index contributed by atoms with van der Waals surface area (Å²) in [5.41, 5.74) is -2.04. The molecule has 1 aromatic heterocycles. The van der Waals surface area contributed by atoms with Crippen molar-refractivity contribution in [2.75, 3.05) is 30.9 Å². The summed E-state index contributed by atoms with van der Waals surface area (Å²) >= 11 is 6.07. The van der Waals surface area contributed by atoms with E-state index in [1.54, 1.807) is 38.4 Å². The molecule has 136 valence electrons. The first-order valence-corrected chi connectivity index (χ1v) is 7.73. The van der Waals surface area contributed by atoms with Crippen LogP contribution in [0.5, 0.6) is 0 Å². The number of nitrogens with one attached hydrogen (secondary N) is 1. The number of benzene rings is 1. The van der Waals surface area contributed by atoms with E-state index in [2.05, 4.69) is 15.3 Å². The molecule has 0 saturated carbocycles. The van der Waals surface area contributed by atoms with Crippen molar-refractivity contribution in [1.29, 1.82) is 0 Å². The molecule has 2 aromatic rings. The topological polar surface area (TPSA) is 61.3 Å². The number of alkyl halides is 3. The summed E-state index contributed by atoms with van der Waals surface area (Å²) in [7, 11) is 3.15. The summed E-state index contributed by atoms with van der Waals surface area (Å²) in [6.07, 6.45) is -4.60. The summed E-state index contributed by atoms with van der Waals surface area (Å²) in [5.74, 6) is -0.131. The van der Waals surface area contributed by atoms with Gasteiger partial charge in [-0.25, -0.2) is 4.98 Å². The lowest BCUT2D eigenvalue weighted by Crippen LogP contribution is -2.32. The Hall–Kier alpha value is -2.06. The Morgan fingerprint density at radius 3 is 2.40 bits per heavy atom. The smallest absolute Gasteiger partial charge is 0.384 e. The Balaban J connectivity index is 2.28. The van der Waals surface area contributed by atoms with E-state index in [4.69, 9.17) is 11.6 Å². The standard InChI is InChI=1S/C16H18ClF3N4O/c1-15(25,10-6-4-5-7-11(10)17)9-21-14-22-12(16(18,19)20)8-13(23-14)24(2)3/h4-8,25H,9H2,1-3H3,(H,21,22,23). The number of aromatic nitrogens is 2. The van der Waals surface area contributed by atoms with Gasteiger partial charge in [0.15, 0.2) is 5.69 Å². The van der Waals surface area contributed by atoms with Gasteiger partial charge in [-0.2, -0.15) is 18.2 Å². The van der Waals surface area contributed by atoms with Gasteiger partial charge in [0.25, 0.3) is 0 Å². The van der Waals surface area contributed by atoms with E-state index < -0.39 is 17.5 Å². The van der Waals surface area contributed by atoms with Crippen LogP contribution < -0.4 is 10.2 Å². The number of aliphatic hydroxyl groups is 1. The van der Waals surface area contributed by atoms with Gasteiger partial charge >= 0.3 is 6.18 Å². The first kappa shape index (κ1) is 19.3. The Bertz CT molecular complexity index is 750. The zero-order chi connectivity index (χ0) is 18.8. The number of halogens is 4. The predicted octanol–water partition coefficient (Wildman–Crippen LogP) is 3.53. The second-order valence-electron chi connectivity index (χ2n) is 5.93. The average Bonchev–Trinajstić information content (AvgIpc) is 2.52. The first-order chi connectivity index (χ1) is 11.5. The molecule has 0 radical (unpaired) electrons. The average molecular weight is 375 g/mol. The summed E-state index contributed by atoms with van der Waals surface area (Å²) in [5, 5.41) is 13.6. The van der Waals surface area contributed by atoms with Gasteiger partial charge in [-0.3, -0.25) is 0 Å². The van der Waals surface area contributed by atoms with Gasteiger partial charge < -0.3 is 15.3 Å². The minimum atomic E-state index is -4.60. The van der Waals surface area contributed by atoms with Crippen LogP contribution in [-0.2, 0) is 11.8 Å². The molecule has 1 atom stereocenters. The van der Waals surface area contributed by atoms with Crippen LogP contribution in [0.15, 0.2) is 30.3 Å². The van der Waals surface area contributed by atoms with Crippen LogP contribution >= 0.6 is 11.6 Å². The second kappa shape index (κ2) is 7.05. The molecule has 2 N–H and O–H groups in total. The molecular formula is C16H18ClF3N4O. The van der Waals surface area contributed by atoms with Crippen LogP contribution in [-0.4, -0.2) is 35.7 Å². The van der Waals surface area contributed by atoms with Crippen LogP contribution in [0.4, 0.5) is 24.9 Å². The molecule has 0 spiro atoms. The van der Waals surface area contributed by atoms with Gasteiger partial charge in [-0.1, -0.05) is 29.8 Å². The number of anilines is 2. The minimum Gasteiger partial charge on any atom is -0.384 e. The quantitative estimate of drug-likeness (QED) is 0.838. The molecule has 0 fully saturated rings. The molecule has 0 amide bonds. The highest BCUT2D eigenvalue weighted by atomic mass is 35.5. The molecule has 0 aliphatic heterocycles. The second-order valence-corrected chi connectivity index (χ2v) is 6.34. The Labute approximate surface area is 148 Å². The van der Waals surface area contributed by atoms with Gasteiger partial charge in [-0.05, 0) is 13.0 Å². The van der Waals surface area contributed by atoms with Crippen LogP contribution in [0.2, 0.25) is 5.02 Å². The van der Waals surface area contributed by atoms with Crippen LogP contribution in [0.1, 0.15) is 18.2 Å². The SMILES string of the molecule is CN(C)c1cc(C(F)(F)F)nc(NCC(C)(O)c2ccccc2Cl)n1. The lowest BCUT2D eigenvalue weighted by Gasteiger charge is -2.25. The van der Waals surface area contributed by atoms with Crippen molar-refractivity contribution in [1.82, 2.24) is 9.97 Å². The van der Waals surface area contributed by atoms with E-state index in [-0.39, 0.29) is 18.3 Å². The molecule has 9 heteroatoms. The zero-order valence-corrected chi connectivity index (χ0v) is 14.7. The lowest BCUT2D eigenvalue weighted by molar-refractivity contribution is -0.141. The van der Waals surface area contributed by atoms with E-state index in [9.17, 15) is 18.3 Å². The van der Waals surface area contributed by atoms with Crippen molar-refractivity contribution in [3.8, 4) is 0 Å². The van der Waals surface area contributed by atoms with E-state index in [0.717, 1.165) is 6.07 Å². The fourth-order valence-electron chi connectivity index (χ4n) is 2.13. The summed E-state index contributed by atoms with van der Waals surface area (Å²) in [6.45, 7) is 1.38. The van der Waals surface area contributed by atoms with Crippen molar-refractivity contribution in [2.45, 2.75) is 18.7 Å². The van der Waals surface area contributed by atoms with Crippen molar-refractivity contribution < 1.29 is 18.3 Å². The third-order valence-corrected chi connectivity index (χ3v) is 3.84. The number of hydrogen-bond acceptors (Lipinski definition) is 5. The number of hydrogen-bond donors (Lipinski definition) is 2. The van der Waals surface area contributed by atoms with E-state index in [0.29, 0.717) is 10.6 Å². The molecule has 0 aliphatic rings. The van der Waals surface area contributed by atoms with Crippen LogP contribution in [0, 0.1) is 0 Å². The van der Waals surface area contributed by atoms with Gasteiger partial charge in [0.2, 0.25) is 5.95 Å². The Morgan fingerprint density at radius 2 is 1.84 bits per heavy atom. The van der Waals surface area contributed by atoms with Gasteiger partial charge in [0.05, 0.1) is 6.54 Å². The maximum atomic E-state index is 13.0. The molecule has 1 aromatic carbocycles. The molecule has 5 nitrogen and oxygen atoms in total.